The van der Waals surface area contributed by atoms with Gasteiger partial charge in [-0.3, -0.25) is 4.79 Å². The number of rotatable bonds is 12. The topological polar surface area (TPSA) is 112 Å². The van der Waals surface area contributed by atoms with Gasteiger partial charge in [-0.25, -0.2) is 14.6 Å². The maximum absolute atomic E-state index is 12.7. The Bertz CT molecular complexity index is 1060. The number of para-hydroxylation sites is 1. The molecule has 2 N–H and O–H groups in total. The number of amides is 1. The fraction of sp³-hybridized carbons (Fsp3) is 0.429. The van der Waals surface area contributed by atoms with Crippen LogP contribution in [0.15, 0.2) is 29.6 Å². The molecule has 2 heterocycles. The first-order chi connectivity index (χ1) is 15.6. The Labute approximate surface area is 191 Å². The molecule has 0 bridgehead atoms. The number of aromatic nitrogens is 4. The van der Waals surface area contributed by atoms with E-state index < -0.39 is 0 Å². The minimum atomic E-state index is -0.254. The van der Waals surface area contributed by atoms with Crippen LogP contribution in [0.5, 0.6) is 11.5 Å². The number of thioether (sulfide) groups is 1. The Morgan fingerprint density at radius 2 is 2.00 bits per heavy atom. The molecule has 0 fully saturated rings. The predicted molar refractivity (Wildman–Crippen MR) is 124 cm³/mol. The van der Waals surface area contributed by atoms with Gasteiger partial charge in [0.2, 0.25) is 0 Å². The lowest BCUT2D eigenvalue weighted by Gasteiger charge is -2.13. The zero-order chi connectivity index (χ0) is 22.9. The van der Waals surface area contributed by atoms with Crippen molar-refractivity contribution in [2.24, 2.45) is 0 Å². The average molecular weight is 461 g/mol. The molecule has 0 aliphatic carbocycles. The molecule has 0 atom stereocenters. The molecule has 10 nitrogen and oxygen atoms in total. The summed E-state index contributed by atoms with van der Waals surface area (Å²) < 4.78 is 17.5. The summed E-state index contributed by atoms with van der Waals surface area (Å²) in [4.78, 5) is 21.9. The second kappa shape index (κ2) is 11.5. The Morgan fingerprint density at radius 1 is 1.16 bits per heavy atom. The Balaban J connectivity index is 1.74. The Hall–Kier alpha value is -3.05. The molecule has 3 aromatic rings. The lowest BCUT2D eigenvalue weighted by molar-refractivity contribution is 0.0948. The van der Waals surface area contributed by atoms with E-state index in [-0.39, 0.29) is 5.91 Å². The third-order valence-electron chi connectivity index (χ3n) is 4.60. The van der Waals surface area contributed by atoms with Gasteiger partial charge in [-0.05, 0) is 17.9 Å². The number of ether oxygens (including phenoxy) is 3. The van der Waals surface area contributed by atoms with Crippen LogP contribution in [0.3, 0.4) is 0 Å². The SMILES string of the molecule is CCSc1nc(NCCOC)c2cnn(CCNC(=O)c3cccc(OC)c3OC)c2n1. The second-order valence-corrected chi connectivity index (χ2v) is 7.84. The van der Waals surface area contributed by atoms with Gasteiger partial charge in [0.25, 0.3) is 5.91 Å². The Morgan fingerprint density at radius 3 is 2.72 bits per heavy atom. The number of carbonyl (C=O) groups is 1. The van der Waals surface area contributed by atoms with Crippen LogP contribution >= 0.6 is 11.8 Å². The van der Waals surface area contributed by atoms with Gasteiger partial charge in [0.15, 0.2) is 22.3 Å². The number of nitrogens with zero attached hydrogens (tertiary/aromatic N) is 4. The number of carbonyl (C=O) groups excluding carboxylic acids is 1. The maximum atomic E-state index is 12.7. The van der Waals surface area contributed by atoms with Crippen LogP contribution in [0.25, 0.3) is 11.0 Å². The van der Waals surface area contributed by atoms with Crippen molar-refractivity contribution in [3.63, 3.8) is 0 Å². The average Bonchev–Trinajstić information content (AvgIpc) is 3.21. The number of nitrogens with one attached hydrogen (secondary N) is 2. The van der Waals surface area contributed by atoms with Gasteiger partial charge in [0.1, 0.15) is 5.82 Å². The molecule has 11 heteroatoms. The summed E-state index contributed by atoms with van der Waals surface area (Å²) in [5.74, 6) is 2.23. The summed E-state index contributed by atoms with van der Waals surface area (Å²) in [7, 11) is 4.70. The minimum absolute atomic E-state index is 0.254. The number of hydrogen-bond acceptors (Lipinski definition) is 9. The predicted octanol–water partition coefficient (Wildman–Crippen LogP) is 2.44. The molecular formula is C21H28N6O4S. The third kappa shape index (κ3) is 5.40. The van der Waals surface area contributed by atoms with E-state index in [1.165, 1.54) is 14.2 Å². The van der Waals surface area contributed by atoms with Crippen LogP contribution in [0.2, 0.25) is 0 Å². The zero-order valence-electron chi connectivity index (χ0n) is 18.7. The van der Waals surface area contributed by atoms with Gasteiger partial charge in [0, 0.05) is 20.2 Å². The van der Waals surface area contributed by atoms with Crippen molar-refractivity contribution in [2.45, 2.75) is 18.6 Å². The normalized spacial score (nSPS) is 10.9. The van der Waals surface area contributed by atoms with E-state index in [0.29, 0.717) is 54.1 Å². The van der Waals surface area contributed by atoms with Crippen LogP contribution in [-0.2, 0) is 11.3 Å². The van der Waals surface area contributed by atoms with Gasteiger partial charge in [-0.15, -0.1) is 0 Å². The number of hydrogen-bond donors (Lipinski definition) is 2. The van der Waals surface area contributed by atoms with Crippen molar-refractivity contribution in [1.29, 1.82) is 0 Å². The Kier molecular flexibility index (Phi) is 8.51. The maximum Gasteiger partial charge on any atom is 0.255 e. The molecule has 0 radical (unpaired) electrons. The van der Waals surface area contributed by atoms with Crippen molar-refractivity contribution < 1.29 is 19.0 Å². The molecule has 0 saturated heterocycles. The molecule has 0 aliphatic heterocycles. The van der Waals surface area contributed by atoms with E-state index in [1.807, 2.05) is 0 Å². The largest absolute Gasteiger partial charge is 0.493 e. The lowest BCUT2D eigenvalue weighted by atomic mass is 10.1. The van der Waals surface area contributed by atoms with E-state index in [0.717, 1.165) is 17.0 Å². The molecule has 0 saturated carbocycles. The van der Waals surface area contributed by atoms with Crippen molar-refractivity contribution in [3.8, 4) is 11.5 Å². The van der Waals surface area contributed by atoms with Crippen LogP contribution in [0, 0.1) is 0 Å². The zero-order valence-corrected chi connectivity index (χ0v) is 19.5. The number of benzene rings is 1. The van der Waals surface area contributed by atoms with E-state index in [1.54, 1.807) is 47.9 Å². The fourth-order valence-corrected chi connectivity index (χ4v) is 3.70. The smallest absolute Gasteiger partial charge is 0.255 e. The molecule has 0 unspecified atom stereocenters. The van der Waals surface area contributed by atoms with Crippen LogP contribution in [0.4, 0.5) is 5.82 Å². The highest BCUT2D eigenvalue weighted by molar-refractivity contribution is 7.99. The second-order valence-electron chi connectivity index (χ2n) is 6.61. The highest BCUT2D eigenvalue weighted by atomic mass is 32.2. The minimum Gasteiger partial charge on any atom is -0.493 e. The van der Waals surface area contributed by atoms with Gasteiger partial charge in [-0.2, -0.15) is 5.10 Å². The summed E-state index contributed by atoms with van der Waals surface area (Å²) in [6.45, 7) is 4.06. The molecule has 0 spiro atoms. The monoisotopic (exact) mass is 460 g/mol. The van der Waals surface area contributed by atoms with E-state index in [4.69, 9.17) is 14.2 Å². The van der Waals surface area contributed by atoms with Crippen molar-refractivity contribution in [2.75, 3.05) is 52.1 Å². The van der Waals surface area contributed by atoms with Crippen molar-refractivity contribution in [1.82, 2.24) is 25.1 Å². The number of methoxy groups -OCH3 is 3. The molecule has 0 aliphatic rings. The van der Waals surface area contributed by atoms with E-state index in [2.05, 4.69) is 32.6 Å². The summed E-state index contributed by atoms with van der Waals surface area (Å²) >= 11 is 1.56. The van der Waals surface area contributed by atoms with Gasteiger partial charge in [-0.1, -0.05) is 24.8 Å². The number of fused-ring (bicyclic) bond motifs is 1. The molecule has 3 rings (SSSR count). The highest BCUT2D eigenvalue weighted by Gasteiger charge is 2.17. The first-order valence-electron chi connectivity index (χ1n) is 10.2. The first-order valence-corrected chi connectivity index (χ1v) is 11.2. The van der Waals surface area contributed by atoms with E-state index in [9.17, 15) is 4.79 Å². The summed E-state index contributed by atoms with van der Waals surface area (Å²) in [6.07, 6.45) is 1.73. The number of anilines is 1. The summed E-state index contributed by atoms with van der Waals surface area (Å²) in [5.41, 5.74) is 1.12. The van der Waals surface area contributed by atoms with Crippen LogP contribution < -0.4 is 20.1 Å². The molecule has 2 aromatic heterocycles. The fourth-order valence-electron chi connectivity index (χ4n) is 3.14. The summed E-state index contributed by atoms with van der Waals surface area (Å²) in [6, 6.07) is 5.19. The van der Waals surface area contributed by atoms with Gasteiger partial charge < -0.3 is 24.8 Å². The summed E-state index contributed by atoms with van der Waals surface area (Å²) in [5, 5.41) is 12.1. The molecular weight excluding hydrogens is 432 g/mol. The van der Waals surface area contributed by atoms with Gasteiger partial charge in [0.05, 0.1) is 44.5 Å². The molecule has 172 valence electrons. The molecule has 32 heavy (non-hydrogen) atoms. The van der Waals surface area contributed by atoms with Crippen LogP contribution in [0.1, 0.15) is 17.3 Å². The lowest BCUT2D eigenvalue weighted by Crippen LogP contribution is -2.28. The first kappa shape index (κ1) is 23.6. The van der Waals surface area contributed by atoms with Crippen LogP contribution in [-0.4, -0.2) is 72.4 Å². The third-order valence-corrected chi connectivity index (χ3v) is 5.33. The molecule has 1 aromatic carbocycles. The van der Waals surface area contributed by atoms with Gasteiger partial charge >= 0.3 is 0 Å². The van der Waals surface area contributed by atoms with Crippen molar-refractivity contribution in [3.05, 3.63) is 30.0 Å². The molecule has 1 amide bonds. The standard InChI is InChI=1S/C21H28N6O4S/c1-5-32-21-25-18(22-10-12-29-2)15-13-24-27(19(15)26-21)11-9-23-20(28)14-7-6-8-16(30-3)17(14)31-4/h6-8,13H,5,9-12H2,1-4H3,(H,23,28)(H,22,25,26). The van der Waals surface area contributed by atoms with Crippen molar-refractivity contribution >= 4 is 34.5 Å². The highest BCUT2D eigenvalue weighted by Crippen LogP contribution is 2.30. The quantitative estimate of drug-likeness (QED) is 0.239. The van der Waals surface area contributed by atoms with E-state index >= 15 is 0 Å².